The molecule has 0 atom stereocenters. The van der Waals surface area contributed by atoms with Crippen LogP contribution >= 0.6 is 22.6 Å². The first kappa shape index (κ1) is 14.5. The van der Waals surface area contributed by atoms with Gasteiger partial charge in [-0.25, -0.2) is 4.39 Å². The third kappa shape index (κ3) is 3.16. The number of anilines is 2. The van der Waals surface area contributed by atoms with Crippen LogP contribution in [0.25, 0.3) is 0 Å². The van der Waals surface area contributed by atoms with E-state index in [-0.39, 0.29) is 11.4 Å². The highest BCUT2D eigenvalue weighted by Gasteiger charge is 2.12. The fourth-order valence-corrected chi connectivity index (χ4v) is 2.33. The van der Waals surface area contributed by atoms with Crippen LogP contribution in [0.5, 0.6) is 5.75 Å². The molecule has 0 fully saturated rings. The van der Waals surface area contributed by atoms with Crippen molar-refractivity contribution in [3.05, 3.63) is 55.9 Å². The van der Waals surface area contributed by atoms with Crippen molar-refractivity contribution in [1.82, 2.24) is 0 Å². The number of nitrogens with one attached hydrogen (secondary N) is 1. The molecule has 0 heterocycles. The van der Waals surface area contributed by atoms with Gasteiger partial charge in [-0.15, -0.1) is 0 Å². The molecular weight excluding hydrogens is 378 g/mol. The second kappa shape index (κ2) is 6.04. The van der Waals surface area contributed by atoms with Crippen LogP contribution in [0.1, 0.15) is 0 Å². The highest BCUT2D eigenvalue weighted by molar-refractivity contribution is 14.1. The molecule has 0 bridgehead atoms. The van der Waals surface area contributed by atoms with Gasteiger partial charge in [-0.3, -0.25) is 10.1 Å². The molecule has 0 amide bonds. The van der Waals surface area contributed by atoms with Crippen molar-refractivity contribution in [2.75, 3.05) is 12.4 Å². The smallest absolute Gasteiger partial charge is 0.282 e. The Bertz CT molecular complexity index is 664. The summed E-state index contributed by atoms with van der Waals surface area (Å²) in [6, 6.07) is 8.81. The fraction of sp³-hybridized carbons (Fsp3) is 0.0769. The number of hydrogen-bond donors (Lipinski definition) is 1. The Hall–Kier alpha value is -1.90. The van der Waals surface area contributed by atoms with Gasteiger partial charge in [-0.05, 0) is 46.9 Å². The Kier molecular flexibility index (Phi) is 4.38. The number of ether oxygens (including phenoxy) is 1. The topological polar surface area (TPSA) is 64.4 Å². The quantitative estimate of drug-likeness (QED) is 0.487. The second-order valence-electron chi connectivity index (χ2n) is 3.89. The van der Waals surface area contributed by atoms with Crippen LogP contribution in [0.15, 0.2) is 36.4 Å². The molecule has 0 saturated carbocycles. The maximum atomic E-state index is 13.7. The summed E-state index contributed by atoms with van der Waals surface area (Å²) in [7, 11) is 1.49. The SMILES string of the molecule is COc1ccc(F)c(Nc2ccc([N+](=O)[O-])c(I)c2)c1. The van der Waals surface area contributed by atoms with Crippen LogP contribution in [0, 0.1) is 19.5 Å². The number of methoxy groups -OCH3 is 1. The number of hydrogen-bond acceptors (Lipinski definition) is 4. The van der Waals surface area contributed by atoms with E-state index in [2.05, 4.69) is 5.32 Å². The van der Waals surface area contributed by atoms with E-state index in [0.717, 1.165) is 0 Å². The normalized spacial score (nSPS) is 10.2. The largest absolute Gasteiger partial charge is 0.497 e. The van der Waals surface area contributed by atoms with Crippen molar-refractivity contribution in [3.63, 3.8) is 0 Å². The van der Waals surface area contributed by atoms with E-state index in [1.807, 2.05) is 22.6 Å². The summed E-state index contributed by atoms with van der Waals surface area (Å²) in [5.74, 6) is 0.0877. The molecule has 7 heteroatoms. The standard InChI is InChI=1S/C13H10FIN2O3/c1-20-9-3-4-10(14)12(7-9)16-8-2-5-13(17(18)19)11(15)6-8/h2-7,16H,1H3. The van der Waals surface area contributed by atoms with Gasteiger partial charge in [0.1, 0.15) is 11.6 Å². The lowest BCUT2D eigenvalue weighted by molar-refractivity contribution is -0.385. The highest BCUT2D eigenvalue weighted by Crippen LogP contribution is 2.28. The molecule has 0 aliphatic rings. The Morgan fingerprint density at radius 1 is 1.30 bits per heavy atom. The van der Waals surface area contributed by atoms with Crippen LogP contribution in [-0.2, 0) is 0 Å². The summed E-state index contributed by atoms with van der Waals surface area (Å²) in [5.41, 5.74) is 0.823. The number of nitrogens with zero attached hydrogens (tertiary/aromatic N) is 1. The summed E-state index contributed by atoms with van der Waals surface area (Å²) in [4.78, 5) is 10.3. The maximum absolute atomic E-state index is 13.7. The number of nitro groups is 1. The minimum atomic E-state index is -0.461. The second-order valence-corrected chi connectivity index (χ2v) is 5.06. The first-order chi connectivity index (χ1) is 9.51. The number of benzene rings is 2. The van der Waals surface area contributed by atoms with E-state index < -0.39 is 10.7 Å². The molecule has 0 aliphatic heterocycles. The summed E-state index contributed by atoms with van der Waals surface area (Å²) in [6.45, 7) is 0. The van der Waals surface area contributed by atoms with Crippen LogP contribution in [0.2, 0.25) is 0 Å². The lowest BCUT2D eigenvalue weighted by atomic mass is 10.2. The molecule has 5 nitrogen and oxygen atoms in total. The van der Waals surface area contributed by atoms with Crippen molar-refractivity contribution in [2.45, 2.75) is 0 Å². The predicted molar refractivity (Wildman–Crippen MR) is 82.0 cm³/mol. The Labute approximate surface area is 128 Å². The van der Waals surface area contributed by atoms with Crippen LogP contribution in [0.4, 0.5) is 21.5 Å². The van der Waals surface area contributed by atoms with Gasteiger partial charge in [0.2, 0.25) is 0 Å². The zero-order chi connectivity index (χ0) is 14.7. The monoisotopic (exact) mass is 388 g/mol. The molecule has 0 aliphatic carbocycles. The Morgan fingerprint density at radius 3 is 2.65 bits per heavy atom. The van der Waals surface area contributed by atoms with E-state index in [4.69, 9.17) is 4.74 Å². The maximum Gasteiger partial charge on any atom is 0.282 e. The number of halogens is 2. The van der Waals surface area contributed by atoms with Crippen molar-refractivity contribution in [2.24, 2.45) is 0 Å². The lowest BCUT2D eigenvalue weighted by Crippen LogP contribution is -1.97. The molecule has 0 saturated heterocycles. The van der Waals surface area contributed by atoms with Gasteiger partial charge >= 0.3 is 0 Å². The fourth-order valence-electron chi connectivity index (χ4n) is 1.62. The number of rotatable bonds is 4. The Balaban J connectivity index is 2.30. The summed E-state index contributed by atoms with van der Waals surface area (Å²) in [6.07, 6.45) is 0. The van der Waals surface area contributed by atoms with Gasteiger partial charge in [0.25, 0.3) is 5.69 Å². The molecule has 104 valence electrons. The molecule has 0 radical (unpaired) electrons. The molecule has 0 spiro atoms. The zero-order valence-corrected chi connectivity index (χ0v) is 12.5. The number of nitro benzene ring substituents is 1. The summed E-state index contributed by atoms with van der Waals surface area (Å²) < 4.78 is 19.2. The highest BCUT2D eigenvalue weighted by atomic mass is 127. The van der Waals surface area contributed by atoms with Crippen LogP contribution in [-0.4, -0.2) is 12.0 Å². The third-order valence-electron chi connectivity index (χ3n) is 2.60. The van der Waals surface area contributed by atoms with Gasteiger partial charge in [0, 0.05) is 17.8 Å². The van der Waals surface area contributed by atoms with Crippen LogP contribution < -0.4 is 10.1 Å². The summed E-state index contributed by atoms with van der Waals surface area (Å²) >= 11 is 1.87. The molecule has 1 N–H and O–H groups in total. The van der Waals surface area contributed by atoms with Gasteiger partial charge < -0.3 is 10.1 Å². The minimum absolute atomic E-state index is 0.0160. The van der Waals surface area contributed by atoms with Crippen LogP contribution in [0.3, 0.4) is 0 Å². The van der Waals surface area contributed by atoms with E-state index >= 15 is 0 Å². The lowest BCUT2D eigenvalue weighted by Gasteiger charge is -2.09. The van der Waals surface area contributed by atoms with Gasteiger partial charge in [-0.1, -0.05) is 0 Å². The van der Waals surface area contributed by atoms with E-state index in [0.29, 0.717) is 15.0 Å². The van der Waals surface area contributed by atoms with Crippen molar-refractivity contribution in [3.8, 4) is 5.75 Å². The van der Waals surface area contributed by atoms with Crippen molar-refractivity contribution >= 4 is 39.7 Å². The first-order valence-corrected chi connectivity index (χ1v) is 6.63. The molecule has 0 aromatic heterocycles. The van der Waals surface area contributed by atoms with Gasteiger partial charge in [0.15, 0.2) is 0 Å². The molecule has 0 unspecified atom stereocenters. The zero-order valence-electron chi connectivity index (χ0n) is 10.4. The van der Waals surface area contributed by atoms with Gasteiger partial charge in [0.05, 0.1) is 21.3 Å². The first-order valence-electron chi connectivity index (χ1n) is 5.56. The summed E-state index contributed by atoms with van der Waals surface area (Å²) in [5, 5.41) is 13.6. The van der Waals surface area contributed by atoms with E-state index in [1.165, 1.54) is 37.4 Å². The van der Waals surface area contributed by atoms with E-state index in [1.54, 1.807) is 6.07 Å². The average molecular weight is 388 g/mol. The van der Waals surface area contributed by atoms with Gasteiger partial charge in [-0.2, -0.15) is 0 Å². The minimum Gasteiger partial charge on any atom is -0.497 e. The molecule has 2 rings (SSSR count). The molecule has 2 aromatic carbocycles. The third-order valence-corrected chi connectivity index (χ3v) is 3.46. The molecule has 2 aromatic rings. The molecular formula is C13H10FIN2O3. The van der Waals surface area contributed by atoms with E-state index in [9.17, 15) is 14.5 Å². The van der Waals surface area contributed by atoms with Crippen molar-refractivity contribution in [1.29, 1.82) is 0 Å². The molecule has 20 heavy (non-hydrogen) atoms. The Morgan fingerprint density at radius 2 is 2.05 bits per heavy atom. The average Bonchev–Trinajstić information content (AvgIpc) is 2.41. The van der Waals surface area contributed by atoms with Crippen molar-refractivity contribution < 1.29 is 14.1 Å². The predicted octanol–water partition coefficient (Wildman–Crippen LogP) is 4.09.